The van der Waals surface area contributed by atoms with Crippen molar-refractivity contribution in [1.82, 2.24) is 9.66 Å². The van der Waals surface area contributed by atoms with E-state index in [2.05, 4.69) is 34.9 Å². The van der Waals surface area contributed by atoms with Gasteiger partial charge in [0.05, 0.1) is 17.1 Å². The summed E-state index contributed by atoms with van der Waals surface area (Å²) in [6.07, 6.45) is 2.53. The van der Waals surface area contributed by atoms with E-state index in [9.17, 15) is 4.79 Å². The third-order valence-corrected chi connectivity index (χ3v) is 5.81. The second-order valence-corrected chi connectivity index (χ2v) is 8.56. The van der Waals surface area contributed by atoms with Crippen molar-refractivity contribution in [2.45, 2.75) is 32.8 Å². The SMILES string of the molecule is CC[C@@H](C)c1nc2ccc(Br)cc2c(=O)n1N=Cc1cccc(OCc2ccccc2)c1. The van der Waals surface area contributed by atoms with E-state index in [4.69, 9.17) is 9.72 Å². The van der Waals surface area contributed by atoms with E-state index in [0.717, 1.165) is 27.8 Å². The summed E-state index contributed by atoms with van der Waals surface area (Å²) in [6.45, 7) is 4.61. The second-order valence-electron chi connectivity index (χ2n) is 7.65. The summed E-state index contributed by atoms with van der Waals surface area (Å²) in [7, 11) is 0. The van der Waals surface area contributed by atoms with Crippen LogP contribution in [0.3, 0.4) is 0 Å². The Morgan fingerprint density at radius 2 is 1.91 bits per heavy atom. The van der Waals surface area contributed by atoms with Gasteiger partial charge in [-0.15, -0.1) is 0 Å². The maximum absolute atomic E-state index is 13.2. The lowest BCUT2D eigenvalue weighted by Gasteiger charge is -2.14. The minimum Gasteiger partial charge on any atom is -0.489 e. The van der Waals surface area contributed by atoms with Gasteiger partial charge in [-0.3, -0.25) is 4.79 Å². The maximum Gasteiger partial charge on any atom is 0.282 e. The molecular formula is C26H24BrN3O2. The van der Waals surface area contributed by atoms with Gasteiger partial charge in [-0.25, -0.2) is 4.98 Å². The van der Waals surface area contributed by atoms with Crippen molar-refractivity contribution in [3.63, 3.8) is 0 Å². The number of halogens is 1. The Labute approximate surface area is 195 Å². The quantitative estimate of drug-likeness (QED) is 0.293. The summed E-state index contributed by atoms with van der Waals surface area (Å²) < 4.78 is 8.16. The largest absolute Gasteiger partial charge is 0.489 e. The summed E-state index contributed by atoms with van der Waals surface area (Å²) in [5, 5.41) is 5.06. The highest BCUT2D eigenvalue weighted by Gasteiger charge is 2.15. The zero-order chi connectivity index (χ0) is 22.5. The lowest BCUT2D eigenvalue weighted by molar-refractivity contribution is 0.306. The normalized spacial score (nSPS) is 12.3. The van der Waals surface area contributed by atoms with E-state index < -0.39 is 0 Å². The van der Waals surface area contributed by atoms with E-state index in [1.54, 1.807) is 12.3 Å². The molecule has 0 aliphatic carbocycles. The van der Waals surface area contributed by atoms with E-state index in [1.807, 2.05) is 66.7 Å². The number of hydrogen-bond donors (Lipinski definition) is 0. The molecule has 32 heavy (non-hydrogen) atoms. The molecule has 0 spiro atoms. The summed E-state index contributed by atoms with van der Waals surface area (Å²) in [5.74, 6) is 1.49. The summed E-state index contributed by atoms with van der Waals surface area (Å²) in [5.41, 5.74) is 2.44. The van der Waals surface area contributed by atoms with Crippen molar-refractivity contribution in [1.29, 1.82) is 0 Å². The van der Waals surface area contributed by atoms with Crippen LogP contribution in [0.4, 0.5) is 0 Å². The van der Waals surface area contributed by atoms with Crippen LogP contribution in [0, 0.1) is 0 Å². The highest BCUT2D eigenvalue weighted by atomic mass is 79.9. The van der Waals surface area contributed by atoms with Gasteiger partial charge in [0.1, 0.15) is 18.2 Å². The number of benzene rings is 3. The minimum absolute atomic E-state index is 0.0911. The van der Waals surface area contributed by atoms with Crippen LogP contribution in [0.15, 0.2) is 87.2 Å². The first-order valence-electron chi connectivity index (χ1n) is 10.6. The molecule has 0 aliphatic heterocycles. The van der Waals surface area contributed by atoms with Crippen molar-refractivity contribution in [3.8, 4) is 5.75 Å². The molecule has 5 nitrogen and oxygen atoms in total. The van der Waals surface area contributed by atoms with Crippen molar-refractivity contribution in [2.75, 3.05) is 0 Å². The predicted octanol–water partition coefficient (Wildman–Crippen LogP) is 6.13. The first kappa shape index (κ1) is 22.0. The summed E-state index contributed by atoms with van der Waals surface area (Å²) in [6, 6.07) is 23.2. The highest BCUT2D eigenvalue weighted by Crippen LogP contribution is 2.21. The van der Waals surface area contributed by atoms with Crippen LogP contribution in [-0.2, 0) is 6.61 Å². The number of aromatic nitrogens is 2. The molecule has 0 bridgehead atoms. The van der Waals surface area contributed by atoms with Crippen molar-refractivity contribution < 1.29 is 4.74 Å². The van der Waals surface area contributed by atoms with Crippen molar-refractivity contribution >= 4 is 33.0 Å². The topological polar surface area (TPSA) is 56.5 Å². The Morgan fingerprint density at radius 1 is 1.09 bits per heavy atom. The standard InChI is InChI=1S/C26H24BrN3O2/c1-3-18(2)25-29-24-13-12-21(27)15-23(24)26(31)30(25)28-16-20-10-7-11-22(14-20)32-17-19-8-5-4-6-9-19/h4-16,18H,3,17H2,1-2H3/t18-/m1/s1. The molecule has 162 valence electrons. The number of nitrogens with zero attached hydrogens (tertiary/aromatic N) is 3. The fourth-order valence-electron chi connectivity index (χ4n) is 3.33. The molecule has 0 saturated heterocycles. The van der Waals surface area contributed by atoms with Gasteiger partial charge in [0.2, 0.25) is 0 Å². The van der Waals surface area contributed by atoms with Crippen LogP contribution >= 0.6 is 15.9 Å². The molecule has 0 saturated carbocycles. The molecule has 1 atom stereocenters. The highest BCUT2D eigenvalue weighted by molar-refractivity contribution is 9.10. The predicted molar refractivity (Wildman–Crippen MR) is 133 cm³/mol. The first-order chi connectivity index (χ1) is 15.5. The first-order valence-corrected chi connectivity index (χ1v) is 11.4. The molecule has 0 amide bonds. The zero-order valence-electron chi connectivity index (χ0n) is 18.0. The fraction of sp³-hybridized carbons (Fsp3) is 0.192. The van der Waals surface area contributed by atoms with Gasteiger partial charge in [0.25, 0.3) is 5.56 Å². The van der Waals surface area contributed by atoms with Crippen LogP contribution < -0.4 is 10.3 Å². The number of ether oxygens (including phenoxy) is 1. The Kier molecular flexibility index (Phi) is 6.81. The van der Waals surface area contributed by atoms with Gasteiger partial charge >= 0.3 is 0 Å². The van der Waals surface area contributed by atoms with Crippen LogP contribution in [-0.4, -0.2) is 15.9 Å². The number of rotatable bonds is 7. The molecule has 3 aromatic carbocycles. The lowest BCUT2D eigenvalue weighted by Crippen LogP contribution is -2.23. The van der Waals surface area contributed by atoms with Gasteiger partial charge in [-0.05, 0) is 47.9 Å². The molecule has 4 rings (SSSR count). The van der Waals surface area contributed by atoms with Gasteiger partial charge in [-0.2, -0.15) is 9.78 Å². The number of fused-ring (bicyclic) bond motifs is 1. The minimum atomic E-state index is -0.181. The Balaban J connectivity index is 1.66. The molecule has 0 fully saturated rings. The molecule has 1 aromatic heterocycles. The van der Waals surface area contributed by atoms with Crippen LogP contribution in [0.25, 0.3) is 10.9 Å². The van der Waals surface area contributed by atoms with E-state index in [0.29, 0.717) is 23.3 Å². The van der Waals surface area contributed by atoms with Crippen LogP contribution in [0.2, 0.25) is 0 Å². The Bertz CT molecular complexity index is 1320. The Morgan fingerprint density at radius 3 is 2.69 bits per heavy atom. The molecule has 1 heterocycles. The molecule has 0 radical (unpaired) electrons. The molecule has 0 N–H and O–H groups in total. The van der Waals surface area contributed by atoms with Gasteiger partial charge < -0.3 is 4.74 Å². The monoisotopic (exact) mass is 489 g/mol. The van der Waals surface area contributed by atoms with Crippen LogP contribution in [0.1, 0.15) is 43.1 Å². The summed E-state index contributed by atoms with van der Waals surface area (Å²) in [4.78, 5) is 18.0. The second kappa shape index (κ2) is 9.92. The summed E-state index contributed by atoms with van der Waals surface area (Å²) >= 11 is 3.44. The van der Waals surface area contributed by atoms with Gasteiger partial charge in [0, 0.05) is 10.4 Å². The molecule has 0 aliphatic rings. The average molecular weight is 490 g/mol. The molecular weight excluding hydrogens is 466 g/mol. The number of hydrogen-bond acceptors (Lipinski definition) is 4. The van der Waals surface area contributed by atoms with E-state index in [-0.39, 0.29) is 11.5 Å². The molecule has 0 unspecified atom stereocenters. The van der Waals surface area contributed by atoms with Crippen molar-refractivity contribution in [2.24, 2.45) is 5.10 Å². The Hall–Kier alpha value is -3.25. The third-order valence-electron chi connectivity index (χ3n) is 5.32. The van der Waals surface area contributed by atoms with E-state index in [1.165, 1.54) is 4.68 Å². The van der Waals surface area contributed by atoms with Gasteiger partial charge in [-0.1, -0.05) is 72.2 Å². The zero-order valence-corrected chi connectivity index (χ0v) is 19.6. The lowest BCUT2D eigenvalue weighted by atomic mass is 10.1. The molecule has 6 heteroatoms. The van der Waals surface area contributed by atoms with E-state index >= 15 is 0 Å². The smallest absolute Gasteiger partial charge is 0.282 e. The molecule has 4 aromatic rings. The van der Waals surface area contributed by atoms with Crippen molar-refractivity contribution in [3.05, 3.63) is 105 Å². The van der Waals surface area contributed by atoms with Crippen LogP contribution in [0.5, 0.6) is 5.75 Å². The maximum atomic E-state index is 13.2. The third kappa shape index (κ3) is 4.97. The average Bonchev–Trinajstić information content (AvgIpc) is 2.83. The fourth-order valence-corrected chi connectivity index (χ4v) is 3.69. The van der Waals surface area contributed by atoms with Gasteiger partial charge in [0.15, 0.2) is 0 Å².